The van der Waals surface area contributed by atoms with Crippen molar-refractivity contribution in [3.63, 3.8) is 0 Å². The van der Waals surface area contributed by atoms with Crippen molar-refractivity contribution < 1.29 is 23.6 Å². The second kappa shape index (κ2) is 11.1. The molecule has 0 unspecified atom stereocenters. The summed E-state index contributed by atoms with van der Waals surface area (Å²) in [6, 6.07) is 11.2. The van der Waals surface area contributed by atoms with E-state index in [1.54, 1.807) is 17.9 Å². The van der Waals surface area contributed by atoms with Gasteiger partial charge in [-0.2, -0.15) is 0 Å². The molecule has 0 aliphatic heterocycles. The minimum atomic E-state index is -0.542. The van der Waals surface area contributed by atoms with Gasteiger partial charge < -0.3 is 19.5 Å². The van der Waals surface area contributed by atoms with Gasteiger partial charge in [-0.05, 0) is 19.4 Å². The predicted octanol–water partition coefficient (Wildman–Crippen LogP) is 2.25. The van der Waals surface area contributed by atoms with Gasteiger partial charge in [-0.3, -0.25) is 14.4 Å². The first-order valence-corrected chi connectivity index (χ1v) is 9.91. The molecule has 0 saturated carbocycles. The molecule has 0 aliphatic carbocycles. The van der Waals surface area contributed by atoms with Crippen molar-refractivity contribution in [3.8, 4) is 0 Å². The first-order chi connectivity index (χ1) is 13.5. The zero-order valence-electron chi connectivity index (χ0n) is 15.8. The van der Waals surface area contributed by atoms with Crippen molar-refractivity contribution in [1.82, 2.24) is 10.1 Å². The van der Waals surface area contributed by atoms with Crippen LogP contribution in [0, 0.1) is 6.92 Å². The van der Waals surface area contributed by atoms with E-state index in [1.165, 1.54) is 0 Å². The lowest BCUT2D eigenvalue weighted by Gasteiger charge is -2.20. The number of benzene rings is 1. The van der Waals surface area contributed by atoms with E-state index in [-0.39, 0.29) is 29.9 Å². The van der Waals surface area contributed by atoms with E-state index in [9.17, 15) is 14.4 Å². The van der Waals surface area contributed by atoms with Crippen LogP contribution in [0.2, 0.25) is 0 Å². The number of rotatable bonds is 10. The number of amides is 2. The molecule has 9 heteroatoms. The van der Waals surface area contributed by atoms with E-state index in [0.717, 1.165) is 17.3 Å². The van der Waals surface area contributed by atoms with E-state index < -0.39 is 5.97 Å². The topological polar surface area (TPSA) is 102 Å². The maximum Gasteiger partial charge on any atom is 0.316 e. The fourth-order valence-corrected chi connectivity index (χ4v) is 2.90. The lowest BCUT2D eigenvalue weighted by Crippen LogP contribution is -2.34. The minimum absolute atomic E-state index is 0.0245. The van der Waals surface area contributed by atoms with Gasteiger partial charge in [-0.25, -0.2) is 0 Å². The fraction of sp³-hybridized carbons (Fsp3) is 0.368. The number of thioether (sulfide) groups is 1. The highest BCUT2D eigenvalue weighted by molar-refractivity contribution is 8.00. The number of esters is 1. The standard InChI is InChI=1S/C19H23N3O5S/c1-3-22(10-15-7-5-4-6-8-15)18(24)11-26-19(25)13-28-12-17(23)20-16-9-14(2)27-21-16/h4-9H,3,10-13H2,1-2H3,(H,20,21,23). The molecule has 2 aromatic rings. The van der Waals surface area contributed by atoms with Gasteiger partial charge in [0.1, 0.15) is 5.76 Å². The molecule has 28 heavy (non-hydrogen) atoms. The second-order valence-electron chi connectivity index (χ2n) is 5.92. The predicted molar refractivity (Wildman–Crippen MR) is 106 cm³/mol. The van der Waals surface area contributed by atoms with E-state index in [1.807, 2.05) is 37.3 Å². The van der Waals surface area contributed by atoms with Gasteiger partial charge in [0.25, 0.3) is 5.91 Å². The Balaban J connectivity index is 1.65. The Hall–Kier alpha value is -2.81. The highest BCUT2D eigenvalue weighted by atomic mass is 32.2. The van der Waals surface area contributed by atoms with Crippen LogP contribution in [0.25, 0.3) is 0 Å². The molecule has 1 N–H and O–H groups in total. The minimum Gasteiger partial charge on any atom is -0.455 e. The molecule has 1 heterocycles. The monoisotopic (exact) mass is 405 g/mol. The highest BCUT2D eigenvalue weighted by Crippen LogP contribution is 2.09. The van der Waals surface area contributed by atoms with Crippen molar-refractivity contribution >= 4 is 35.4 Å². The van der Waals surface area contributed by atoms with Crippen molar-refractivity contribution in [1.29, 1.82) is 0 Å². The number of aryl methyl sites for hydroxylation is 1. The van der Waals surface area contributed by atoms with Crippen LogP contribution in [0.15, 0.2) is 40.9 Å². The number of hydrogen-bond acceptors (Lipinski definition) is 7. The number of nitrogens with zero attached hydrogens (tertiary/aromatic N) is 2. The first kappa shape index (κ1) is 21.5. The molecule has 2 amide bonds. The van der Waals surface area contributed by atoms with Gasteiger partial charge in [0, 0.05) is 19.2 Å². The average molecular weight is 405 g/mol. The van der Waals surface area contributed by atoms with Crippen molar-refractivity contribution in [3.05, 3.63) is 47.7 Å². The van der Waals surface area contributed by atoms with Crippen LogP contribution in [0.5, 0.6) is 0 Å². The van der Waals surface area contributed by atoms with Crippen LogP contribution in [0.4, 0.5) is 5.82 Å². The number of ether oxygens (including phenoxy) is 1. The Morgan fingerprint density at radius 1 is 1.21 bits per heavy atom. The van der Waals surface area contributed by atoms with Crippen molar-refractivity contribution in [2.45, 2.75) is 20.4 Å². The number of anilines is 1. The number of nitrogens with one attached hydrogen (secondary N) is 1. The molecular weight excluding hydrogens is 382 g/mol. The zero-order chi connectivity index (χ0) is 20.4. The normalized spacial score (nSPS) is 10.4. The molecule has 1 aromatic heterocycles. The lowest BCUT2D eigenvalue weighted by molar-refractivity contribution is -0.150. The Morgan fingerprint density at radius 2 is 1.96 bits per heavy atom. The molecule has 0 bridgehead atoms. The molecule has 2 rings (SSSR count). The summed E-state index contributed by atoms with van der Waals surface area (Å²) in [5.41, 5.74) is 1.01. The molecule has 0 spiro atoms. The van der Waals surface area contributed by atoms with Gasteiger partial charge in [0.15, 0.2) is 12.4 Å². The summed E-state index contributed by atoms with van der Waals surface area (Å²) in [6.07, 6.45) is 0. The van der Waals surface area contributed by atoms with Gasteiger partial charge in [0.2, 0.25) is 5.91 Å². The summed E-state index contributed by atoms with van der Waals surface area (Å²) in [5.74, 6) is -0.155. The van der Waals surface area contributed by atoms with Crippen LogP contribution >= 0.6 is 11.8 Å². The molecule has 0 aliphatic rings. The number of likely N-dealkylation sites (N-methyl/N-ethyl adjacent to an activating group) is 1. The molecule has 1 aromatic carbocycles. The summed E-state index contributed by atoms with van der Waals surface area (Å²) < 4.78 is 9.86. The zero-order valence-corrected chi connectivity index (χ0v) is 16.7. The summed E-state index contributed by atoms with van der Waals surface area (Å²) in [4.78, 5) is 37.4. The third kappa shape index (κ3) is 7.43. The Kier molecular flexibility index (Phi) is 8.54. The van der Waals surface area contributed by atoms with Crippen LogP contribution in [-0.2, 0) is 25.7 Å². The van der Waals surface area contributed by atoms with Crippen LogP contribution in [-0.4, -0.2) is 52.5 Å². The number of hydrogen-bond donors (Lipinski definition) is 1. The maximum absolute atomic E-state index is 12.2. The largest absolute Gasteiger partial charge is 0.455 e. The highest BCUT2D eigenvalue weighted by Gasteiger charge is 2.15. The average Bonchev–Trinajstić information content (AvgIpc) is 3.09. The number of carbonyl (C=O) groups excluding carboxylic acids is 3. The van der Waals surface area contributed by atoms with E-state index >= 15 is 0 Å². The molecule has 8 nitrogen and oxygen atoms in total. The Morgan fingerprint density at radius 3 is 2.61 bits per heavy atom. The fourth-order valence-electron chi connectivity index (χ4n) is 2.29. The number of carbonyl (C=O) groups is 3. The van der Waals surface area contributed by atoms with E-state index in [4.69, 9.17) is 9.26 Å². The summed E-state index contributed by atoms with van der Waals surface area (Å²) in [7, 11) is 0. The van der Waals surface area contributed by atoms with Gasteiger partial charge in [-0.1, -0.05) is 35.5 Å². The third-order valence-corrected chi connectivity index (χ3v) is 4.56. The summed E-state index contributed by atoms with van der Waals surface area (Å²) >= 11 is 1.09. The van der Waals surface area contributed by atoms with Crippen molar-refractivity contribution in [2.24, 2.45) is 0 Å². The van der Waals surface area contributed by atoms with Gasteiger partial charge >= 0.3 is 5.97 Å². The molecule has 0 saturated heterocycles. The van der Waals surface area contributed by atoms with Gasteiger partial charge in [-0.15, -0.1) is 11.8 Å². The second-order valence-corrected chi connectivity index (χ2v) is 6.90. The Labute approximate surface area is 167 Å². The maximum atomic E-state index is 12.2. The van der Waals surface area contributed by atoms with Crippen molar-refractivity contribution in [2.75, 3.05) is 30.0 Å². The van der Waals surface area contributed by atoms with Crippen LogP contribution in [0.3, 0.4) is 0 Å². The summed E-state index contributed by atoms with van der Waals surface area (Å²) in [6.45, 7) is 4.25. The SMILES string of the molecule is CCN(Cc1ccccc1)C(=O)COC(=O)CSCC(=O)Nc1cc(C)on1. The third-order valence-electron chi connectivity index (χ3n) is 3.66. The van der Waals surface area contributed by atoms with E-state index in [0.29, 0.717) is 24.7 Å². The molecule has 0 fully saturated rings. The molecule has 0 atom stereocenters. The van der Waals surface area contributed by atoms with Crippen LogP contribution in [0.1, 0.15) is 18.2 Å². The van der Waals surface area contributed by atoms with Gasteiger partial charge in [0.05, 0.1) is 11.5 Å². The number of aromatic nitrogens is 1. The quantitative estimate of drug-likeness (QED) is 0.605. The molecule has 0 radical (unpaired) electrons. The smallest absolute Gasteiger partial charge is 0.316 e. The Bertz CT molecular complexity index is 794. The van der Waals surface area contributed by atoms with E-state index in [2.05, 4.69) is 10.5 Å². The molecular formula is C19H23N3O5S. The lowest BCUT2D eigenvalue weighted by atomic mass is 10.2. The summed E-state index contributed by atoms with van der Waals surface area (Å²) in [5, 5.41) is 6.21. The first-order valence-electron chi connectivity index (χ1n) is 8.76. The molecule has 150 valence electrons. The van der Waals surface area contributed by atoms with Crippen LogP contribution < -0.4 is 5.32 Å².